The smallest absolute Gasteiger partial charge is 0.355 e. The second-order valence-electron chi connectivity index (χ2n) is 6.01. The highest BCUT2D eigenvalue weighted by Gasteiger charge is 2.23. The van der Waals surface area contributed by atoms with Crippen LogP contribution < -0.4 is 0 Å². The minimum Gasteiger partial charge on any atom is -0.461 e. The Kier molecular flexibility index (Phi) is 7.48. The molecule has 1 aromatic carbocycles. The molecule has 1 aromatic heterocycles. The third-order valence-electron chi connectivity index (χ3n) is 4.29. The summed E-state index contributed by atoms with van der Waals surface area (Å²) in [5, 5.41) is 9.55. The van der Waals surface area contributed by atoms with Crippen LogP contribution >= 0.6 is 11.8 Å². The predicted molar refractivity (Wildman–Crippen MR) is 116 cm³/mol. The molecule has 0 N–H and O–H groups in total. The van der Waals surface area contributed by atoms with Gasteiger partial charge < -0.3 is 9.30 Å². The Hall–Kier alpha value is -2.97. The number of esters is 1. The van der Waals surface area contributed by atoms with E-state index in [4.69, 9.17) is 4.74 Å². The van der Waals surface area contributed by atoms with E-state index in [0.717, 1.165) is 21.6 Å². The SMILES string of the molecule is C=C(/C=C\C(=C/C)c1c(C#N)cn(C)c1C(=O)OCC)c1ccccc1SC. The Morgan fingerprint density at radius 3 is 2.68 bits per heavy atom. The van der Waals surface area contributed by atoms with Gasteiger partial charge in [-0.1, -0.05) is 43.0 Å². The number of thioether (sulfide) groups is 1. The van der Waals surface area contributed by atoms with Crippen molar-refractivity contribution in [2.45, 2.75) is 18.7 Å². The summed E-state index contributed by atoms with van der Waals surface area (Å²) in [6.07, 6.45) is 9.35. The first kappa shape index (κ1) is 21.3. The monoisotopic (exact) mass is 392 g/mol. The summed E-state index contributed by atoms with van der Waals surface area (Å²) in [6, 6.07) is 10.2. The molecule has 0 radical (unpaired) electrons. The second-order valence-corrected chi connectivity index (χ2v) is 6.86. The van der Waals surface area contributed by atoms with Crippen LogP contribution in [0.25, 0.3) is 11.1 Å². The van der Waals surface area contributed by atoms with Crippen LogP contribution in [0.1, 0.15) is 41.0 Å². The summed E-state index contributed by atoms with van der Waals surface area (Å²) in [5.41, 5.74) is 4.05. The van der Waals surface area contributed by atoms with Gasteiger partial charge in [-0.3, -0.25) is 0 Å². The van der Waals surface area contributed by atoms with Gasteiger partial charge in [0.2, 0.25) is 0 Å². The van der Waals surface area contributed by atoms with Gasteiger partial charge in [0.1, 0.15) is 11.8 Å². The van der Waals surface area contributed by atoms with Crippen LogP contribution in [-0.2, 0) is 11.8 Å². The van der Waals surface area contributed by atoms with Gasteiger partial charge in [-0.25, -0.2) is 4.79 Å². The Morgan fingerprint density at radius 2 is 2.07 bits per heavy atom. The van der Waals surface area contributed by atoms with Crippen LogP contribution in [0.15, 0.2) is 60.2 Å². The lowest BCUT2D eigenvalue weighted by atomic mass is 9.99. The first-order chi connectivity index (χ1) is 13.5. The molecular weight excluding hydrogens is 368 g/mol. The van der Waals surface area contributed by atoms with Gasteiger partial charge in [0.15, 0.2) is 0 Å². The molecule has 4 nitrogen and oxygen atoms in total. The average Bonchev–Trinajstić information content (AvgIpc) is 3.04. The molecule has 0 bridgehead atoms. The first-order valence-electron chi connectivity index (χ1n) is 8.92. The fourth-order valence-electron chi connectivity index (χ4n) is 2.96. The van der Waals surface area contributed by atoms with Gasteiger partial charge in [-0.2, -0.15) is 5.26 Å². The zero-order chi connectivity index (χ0) is 20.7. The lowest BCUT2D eigenvalue weighted by Gasteiger charge is -2.09. The van der Waals surface area contributed by atoms with E-state index in [0.29, 0.717) is 16.8 Å². The van der Waals surface area contributed by atoms with Crippen molar-refractivity contribution in [2.24, 2.45) is 7.05 Å². The van der Waals surface area contributed by atoms with Gasteiger partial charge in [0.05, 0.1) is 12.2 Å². The van der Waals surface area contributed by atoms with Gasteiger partial charge in [-0.15, -0.1) is 11.8 Å². The number of aromatic nitrogens is 1. The Balaban J connectivity index is 2.47. The van der Waals surface area contributed by atoms with Crippen molar-refractivity contribution in [2.75, 3.05) is 12.9 Å². The number of ether oxygens (including phenoxy) is 1. The molecule has 0 aliphatic rings. The summed E-state index contributed by atoms with van der Waals surface area (Å²) in [4.78, 5) is 13.6. The van der Waals surface area contributed by atoms with Gasteiger partial charge in [0.25, 0.3) is 0 Å². The van der Waals surface area contributed by atoms with Crippen molar-refractivity contribution >= 4 is 28.9 Å². The van der Waals surface area contributed by atoms with Crippen LogP contribution in [0.2, 0.25) is 0 Å². The van der Waals surface area contributed by atoms with Crippen LogP contribution in [0.3, 0.4) is 0 Å². The first-order valence-corrected chi connectivity index (χ1v) is 10.1. The molecule has 0 aliphatic carbocycles. The van der Waals surface area contributed by atoms with Gasteiger partial charge in [0, 0.05) is 23.7 Å². The van der Waals surface area contributed by atoms with E-state index in [1.165, 1.54) is 0 Å². The number of nitrogens with zero attached hydrogens (tertiary/aromatic N) is 2. The maximum Gasteiger partial charge on any atom is 0.355 e. The van der Waals surface area contributed by atoms with Crippen LogP contribution in [0, 0.1) is 11.3 Å². The molecule has 1 heterocycles. The number of hydrogen-bond acceptors (Lipinski definition) is 4. The Labute approximate surface area is 170 Å². The lowest BCUT2D eigenvalue weighted by molar-refractivity contribution is 0.0515. The summed E-state index contributed by atoms with van der Waals surface area (Å²) in [5.74, 6) is -0.444. The number of carbonyl (C=O) groups excluding carboxylic acids is 1. The van der Waals surface area contributed by atoms with Gasteiger partial charge >= 0.3 is 5.97 Å². The fourth-order valence-corrected chi connectivity index (χ4v) is 3.60. The van der Waals surface area contributed by atoms with Crippen LogP contribution in [0.5, 0.6) is 0 Å². The predicted octanol–water partition coefficient (Wildman–Crippen LogP) is 5.47. The maximum absolute atomic E-state index is 12.5. The number of rotatable bonds is 7. The molecule has 5 heteroatoms. The molecular formula is C23H24N2O2S. The standard InChI is InChI=1S/C23H24N2O2S/c1-6-17(13-12-16(3)19-10-8-9-11-20(19)28-5)21-18(14-24)15-25(4)22(21)23(26)27-7-2/h6,8-13,15H,3,7H2,1-2,4-5H3/b13-12-,17-6+. The minimum atomic E-state index is -0.444. The average molecular weight is 393 g/mol. The van der Waals surface area contributed by atoms with Crippen molar-refractivity contribution in [1.82, 2.24) is 4.57 Å². The molecule has 2 aromatic rings. The summed E-state index contributed by atoms with van der Waals surface area (Å²) in [7, 11) is 1.74. The minimum absolute atomic E-state index is 0.272. The van der Waals surface area contributed by atoms with E-state index in [1.807, 2.05) is 49.6 Å². The fraction of sp³-hybridized carbons (Fsp3) is 0.217. The third-order valence-corrected chi connectivity index (χ3v) is 5.08. The number of nitriles is 1. The highest BCUT2D eigenvalue weighted by atomic mass is 32.2. The van der Waals surface area contributed by atoms with Crippen molar-refractivity contribution < 1.29 is 9.53 Å². The van der Waals surface area contributed by atoms with Crippen LogP contribution in [0.4, 0.5) is 0 Å². The molecule has 28 heavy (non-hydrogen) atoms. The molecule has 0 atom stereocenters. The Morgan fingerprint density at radius 1 is 1.36 bits per heavy atom. The topological polar surface area (TPSA) is 55.0 Å². The number of aryl methyl sites for hydroxylation is 1. The zero-order valence-electron chi connectivity index (χ0n) is 16.7. The number of hydrogen-bond donors (Lipinski definition) is 0. The molecule has 144 valence electrons. The van der Waals surface area contributed by atoms with E-state index in [2.05, 4.69) is 18.7 Å². The molecule has 0 unspecified atom stereocenters. The van der Waals surface area contributed by atoms with E-state index in [1.54, 1.807) is 36.5 Å². The molecule has 0 saturated carbocycles. The molecule has 0 fully saturated rings. The number of benzene rings is 1. The van der Waals surface area contributed by atoms with Crippen molar-refractivity contribution in [3.8, 4) is 6.07 Å². The second kappa shape index (κ2) is 9.82. The molecule has 0 spiro atoms. The van der Waals surface area contributed by atoms with Gasteiger partial charge in [-0.05, 0) is 42.9 Å². The normalized spacial score (nSPS) is 11.5. The summed E-state index contributed by atoms with van der Waals surface area (Å²) in [6.45, 7) is 8.09. The lowest BCUT2D eigenvalue weighted by Crippen LogP contribution is -2.11. The summed E-state index contributed by atoms with van der Waals surface area (Å²) < 4.78 is 6.83. The van der Waals surface area contributed by atoms with Crippen molar-refractivity contribution in [3.63, 3.8) is 0 Å². The quantitative estimate of drug-likeness (QED) is 0.356. The molecule has 0 aliphatic heterocycles. The van der Waals surface area contributed by atoms with E-state index in [9.17, 15) is 10.1 Å². The van der Waals surface area contributed by atoms with E-state index >= 15 is 0 Å². The molecule has 0 amide bonds. The third kappa shape index (κ3) is 4.47. The highest BCUT2D eigenvalue weighted by molar-refractivity contribution is 7.98. The maximum atomic E-state index is 12.5. The number of carbonyl (C=O) groups is 1. The highest BCUT2D eigenvalue weighted by Crippen LogP contribution is 2.30. The van der Waals surface area contributed by atoms with E-state index < -0.39 is 5.97 Å². The summed E-state index contributed by atoms with van der Waals surface area (Å²) >= 11 is 1.66. The van der Waals surface area contributed by atoms with E-state index in [-0.39, 0.29) is 6.61 Å². The van der Waals surface area contributed by atoms with Crippen molar-refractivity contribution in [1.29, 1.82) is 5.26 Å². The molecule has 2 rings (SSSR count). The molecule has 0 saturated heterocycles. The number of allylic oxidation sites excluding steroid dienone is 5. The zero-order valence-corrected chi connectivity index (χ0v) is 17.5. The van der Waals surface area contributed by atoms with Crippen molar-refractivity contribution in [3.05, 3.63) is 77.7 Å². The Bertz CT molecular complexity index is 991. The largest absolute Gasteiger partial charge is 0.461 e. The van der Waals surface area contributed by atoms with Crippen LogP contribution in [-0.4, -0.2) is 23.4 Å².